The van der Waals surface area contributed by atoms with Gasteiger partial charge in [-0.05, 0) is 66.0 Å². The molecule has 0 unspecified atom stereocenters. The molecule has 23 heavy (non-hydrogen) atoms. The number of hydrogen-bond donors (Lipinski definition) is 0. The lowest BCUT2D eigenvalue weighted by molar-refractivity contribution is -0.118. The third kappa shape index (κ3) is 4.58. The van der Waals surface area contributed by atoms with Gasteiger partial charge in [-0.1, -0.05) is 24.3 Å². The number of amides is 1. The number of anilines is 1. The van der Waals surface area contributed by atoms with Gasteiger partial charge in [0.05, 0.1) is 11.6 Å². The summed E-state index contributed by atoms with van der Waals surface area (Å²) in [5.74, 6) is 0.936. The van der Waals surface area contributed by atoms with Gasteiger partial charge >= 0.3 is 0 Å². The molecule has 0 atom stereocenters. The lowest BCUT2D eigenvalue weighted by atomic mass is 10.1. The molecule has 3 nitrogen and oxygen atoms in total. The Labute approximate surface area is 146 Å². The van der Waals surface area contributed by atoms with Crippen LogP contribution in [-0.4, -0.2) is 19.1 Å². The van der Waals surface area contributed by atoms with Crippen molar-refractivity contribution in [1.82, 2.24) is 0 Å². The van der Waals surface area contributed by atoms with Gasteiger partial charge in [0.1, 0.15) is 5.75 Å². The van der Waals surface area contributed by atoms with E-state index in [0.717, 1.165) is 21.5 Å². The Morgan fingerprint density at radius 3 is 2.43 bits per heavy atom. The second-order valence-electron chi connectivity index (χ2n) is 5.66. The molecule has 0 aromatic heterocycles. The molecule has 0 radical (unpaired) electrons. The van der Waals surface area contributed by atoms with Crippen molar-refractivity contribution in [3.63, 3.8) is 0 Å². The molecule has 0 saturated heterocycles. The maximum Gasteiger partial charge on any atom is 0.227 e. The summed E-state index contributed by atoms with van der Waals surface area (Å²) in [6.45, 7) is 4.07. The summed E-state index contributed by atoms with van der Waals surface area (Å²) in [4.78, 5) is 14.5. The van der Waals surface area contributed by atoms with Gasteiger partial charge in [0.25, 0.3) is 0 Å². The van der Waals surface area contributed by atoms with Crippen molar-refractivity contribution in [3.8, 4) is 5.75 Å². The summed E-state index contributed by atoms with van der Waals surface area (Å²) in [5.41, 5.74) is 2.06. The molecular weight excluding hydrogens is 354 g/mol. The van der Waals surface area contributed by atoms with Crippen molar-refractivity contribution in [1.29, 1.82) is 0 Å². The second kappa shape index (κ2) is 8.16. The van der Waals surface area contributed by atoms with Crippen molar-refractivity contribution >= 4 is 27.5 Å². The van der Waals surface area contributed by atoms with Crippen LogP contribution in [-0.2, 0) is 11.2 Å². The summed E-state index contributed by atoms with van der Waals surface area (Å²) in [5, 5.41) is 0. The van der Waals surface area contributed by atoms with Crippen molar-refractivity contribution < 1.29 is 9.53 Å². The van der Waals surface area contributed by atoms with Gasteiger partial charge in [0.2, 0.25) is 5.91 Å². The van der Waals surface area contributed by atoms with Crippen LogP contribution >= 0.6 is 15.9 Å². The first-order chi connectivity index (χ1) is 11.0. The third-order valence-corrected chi connectivity index (χ3v) is 4.28. The number of para-hydroxylation sites is 1. The molecule has 2 aromatic carbocycles. The number of aryl methyl sites for hydroxylation is 1. The van der Waals surface area contributed by atoms with Gasteiger partial charge in [-0.15, -0.1) is 0 Å². The zero-order valence-electron chi connectivity index (χ0n) is 13.8. The molecule has 4 heteroatoms. The fourth-order valence-electron chi connectivity index (χ4n) is 2.56. The molecule has 0 spiro atoms. The van der Waals surface area contributed by atoms with Crippen molar-refractivity contribution in [3.05, 3.63) is 58.6 Å². The van der Waals surface area contributed by atoms with E-state index in [-0.39, 0.29) is 11.9 Å². The van der Waals surface area contributed by atoms with Gasteiger partial charge in [0.15, 0.2) is 0 Å². The largest absolute Gasteiger partial charge is 0.496 e. The highest BCUT2D eigenvalue weighted by Crippen LogP contribution is 2.26. The van der Waals surface area contributed by atoms with E-state index in [1.807, 2.05) is 67.3 Å². The van der Waals surface area contributed by atoms with Crippen LogP contribution in [0.1, 0.15) is 25.8 Å². The molecule has 0 bridgehead atoms. The quantitative estimate of drug-likeness (QED) is 0.723. The zero-order valence-corrected chi connectivity index (χ0v) is 15.3. The number of benzene rings is 2. The molecule has 0 fully saturated rings. The van der Waals surface area contributed by atoms with Gasteiger partial charge in [-0.2, -0.15) is 0 Å². The Kier molecular flexibility index (Phi) is 6.22. The predicted octanol–water partition coefficient (Wildman–Crippen LogP) is 4.83. The van der Waals surface area contributed by atoms with Crippen LogP contribution < -0.4 is 9.64 Å². The topological polar surface area (TPSA) is 29.5 Å². The SMILES string of the molecule is COc1ccc(CCC(=O)N(c2ccccc2)C(C)C)cc1Br. The van der Waals surface area contributed by atoms with Crippen LogP contribution in [0, 0.1) is 0 Å². The number of halogens is 1. The van der Waals surface area contributed by atoms with Crippen LogP contribution in [0.3, 0.4) is 0 Å². The van der Waals surface area contributed by atoms with Gasteiger partial charge in [0, 0.05) is 18.2 Å². The maximum absolute atomic E-state index is 12.7. The number of ether oxygens (including phenoxy) is 1. The number of hydrogen-bond acceptors (Lipinski definition) is 2. The molecule has 0 aliphatic heterocycles. The highest BCUT2D eigenvalue weighted by atomic mass is 79.9. The molecule has 0 saturated carbocycles. The van der Waals surface area contributed by atoms with E-state index in [2.05, 4.69) is 15.9 Å². The predicted molar refractivity (Wildman–Crippen MR) is 98.1 cm³/mol. The third-order valence-electron chi connectivity index (χ3n) is 3.66. The lowest BCUT2D eigenvalue weighted by Crippen LogP contribution is -2.37. The smallest absolute Gasteiger partial charge is 0.227 e. The standard InChI is InChI=1S/C19H22BrNO2/c1-14(2)21(16-7-5-4-6-8-16)19(22)12-10-15-9-11-18(23-3)17(20)13-15/h4-9,11,13-14H,10,12H2,1-3H3. The summed E-state index contributed by atoms with van der Waals surface area (Å²) >= 11 is 3.48. The van der Waals surface area contributed by atoms with Crippen LogP contribution in [0.2, 0.25) is 0 Å². The Balaban J connectivity index is 2.06. The summed E-state index contributed by atoms with van der Waals surface area (Å²) in [7, 11) is 1.64. The van der Waals surface area contributed by atoms with E-state index < -0.39 is 0 Å². The molecule has 0 N–H and O–H groups in total. The monoisotopic (exact) mass is 375 g/mol. The first-order valence-corrected chi connectivity index (χ1v) is 8.51. The lowest BCUT2D eigenvalue weighted by Gasteiger charge is -2.27. The molecule has 2 rings (SSSR count). The molecule has 122 valence electrons. The highest BCUT2D eigenvalue weighted by molar-refractivity contribution is 9.10. The minimum Gasteiger partial charge on any atom is -0.496 e. The zero-order chi connectivity index (χ0) is 16.8. The Hall–Kier alpha value is -1.81. The molecule has 0 aliphatic rings. The van der Waals surface area contributed by atoms with Gasteiger partial charge < -0.3 is 9.64 Å². The summed E-state index contributed by atoms with van der Waals surface area (Å²) < 4.78 is 6.14. The summed E-state index contributed by atoms with van der Waals surface area (Å²) in [6, 6.07) is 15.9. The fraction of sp³-hybridized carbons (Fsp3) is 0.316. The number of rotatable bonds is 6. The molecule has 0 aliphatic carbocycles. The molecule has 0 heterocycles. The Morgan fingerprint density at radius 1 is 1.17 bits per heavy atom. The molecule has 1 amide bonds. The maximum atomic E-state index is 12.7. The van der Waals surface area contributed by atoms with E-state index in [1.54, 1.807) is 7.11 Å². The number of carbonyl (C=O) groups excluding carboxylic acids is 1. The fourth-order valence-corrected chi connectivity index (χ4v) is 3.14. The van der Waals surface area contributed by atoms with Crippen LogP contribution in [0.5, 0.6) is 5.75 Å². The Bertz CT molecular complexity index is 656. The van der Waals surface area contributed by atoms with Crippen molar-refractivity contribution in [2.75, 3.05) is 12.0 Å². The first kappa shape index (κ1) is 17.5. The highest BCUT2D eigenvalue weighted by Gasteiger charge is 2.18. The minimum atomic E-state index is 0.132. The summed E-state index contributed by atoms with van der Waals surface area (Å²) in [6.07, 6.45) is 1.18. The number of carbonyl (C=O) groups is 1. The minimum absolute atomic E-state index is 0.132. The van der Waals surface area contributed by atoms with E-state index >= 15 is 0 Å². The normalized spacial score (nSPS) is 10.7. The first-order valence-electron chi connectivity index (χ1n) is 7.72. The van der Waals surface area contributed by atoms with E-state index in [1.165, 1.54) is 0 Å². The molecule has 2 aromatic rings. The number of nitrogens with zero attached hydrogens (tertiary/aromatic N) is 1. The van der Waals surface area contributed by atoms with E-state index in [9.17, 15) is 4.79 Å². The van der Waals surface area contributed by atoms with E-state index in [0.29, 0.717) is 12.8 Å². The van der Waals surface area contributed by atoms with Crippen molar-refractivity contribution in [2.24, 2.45) is 0 Å². The van der Waals surface area contributed by atoms with Crippen LogP contribution in [0.25, 0.3) is 0 Å². The van der Waals surface area contributed by atoms with Crippen LogP contribution in [0.15, 0.2) is 53.0 Å². The second-order valence-corrected chi connectivity index (χ2v) is 6.52. The molecular formula is C19H22BrNO2. The Morgan fingerprint density at radius 2 is 1.87 bits per heavy atom. The van der Waals surface area contributed by atoms with Crippen molar-refractivity contribution in [2.45, 2.75) is 32.7 Å². The van der Waals surface area contributed by atoms with Crippen LogP contribution in [0.4, 0.5) is 5.69 Å². The average molecular weight is 376 g/mol. The van der Waals surface area contributed by atoms with E-state index in [4.69, 9.17) is 4.74 Å². The number of methoxy groups -OCH3 is 1. The van der Waals surface area contributed by atoms with Gasteiger partial charge in [-0.25, -0.2) is 0 Å². The average Bonchev–Trinajstić information content (AvgIpc) is 2.54. The van der Waals surface area contributed by atoms with Gasteiger partial charge in [-0.3, -0.25) is 4.79 Å².